The molecule has 0 bridgehead atoms. The molecule has 3 amide bonds. The summed E-state index contributed by atoms with van der Waals surface area (Å²) in [6, 6.07) is 6.79. The number of fused-ring (bicyclic) bond motifs is 1. The molecule has 1 saturated heterocycles. The number of nitrogens with zero attached hydrogens (tertiary/aromatic N) is 1. The van der Waals surface area contributed by atoms with Gasteiger partial charge < -0.3 is 16.0 Å². The lowest BCUT2D eigenvalue weighted by atomic mass is 9.72. The highest BCUT2D eigenvalue weighted by Crippen LogP contribution is 2.45. The highest BCUT2D eigenvalue weighted by molar-refractivity contribution is 7.17. The number of benzene rings is 1. The molecular formula is C26H32ClN3O3S. The molecule has 4 rings (SSSR count). The van der Waals surface area contributed by atoms with Crippen LogP contribution in [0.4, 0.5) is 5.00 Å². The van der Waals surface area contributed by atoms with E-state index in [-0.39, 0.29) is 29.1 Å². The summed E-state index contributed by atoms with van der Waals surface area (Å²) in [5.41, 5.74) is 7.77. The van der Waals surface area contributed by atoms with Crippen LogP contribution in [0.15, 0.2) is 24.3 Å². The molecule has 1 atom stereocenters. The number of primary amides is 1. The normalized spacial score (nSPS) is 18.9. The molecule has 8 heteroatoms. The van der Waals surface area contributed by atoms with Crippen LogP contribution in [0.25, 0.3) is 0 Å². The van der Waals surface area contributed by atoms with E-state index in [0.29, 0.717) is 53.0 Å². The molecule has 1 aromatic carbocycles. The summed E-state index contributed by atoms with van der Waals surface area (Å²) < 4.78 is 0. The smallest absolute Gasteiger partial charge is 0.257 e. The highest BCUT2D eigenvalue weighted by Gasteiger charge is 2.36. The van der Waals surface area contributed by atoms with Gasteiger partial charge in [-0.05, 0) is 67.2 Å². The van der Waals surface area contributed by atoms with Gasteiger partial charge in [0.2, 0.25) is 5.91 Å². The zero-order valence-corrected chi connectivity index (χ0v) is 21.5. The zero-order valence-electron chi connectivity index (χ0n) is 19.9. The molecule has 34 heavy (non-hydrogen) atoms. The summed E-state index contributed by atoms with van der Waals surface area (Å²) in [6.07, 6.45) is 3.88. The summed E-state index contributed by atoms with van der Waals surface area (Å²) in [5.74, 6) is -0.326. The molecule has 2 heterocycles. The third-order valence-electron chi connectivity index (χ3n) is 7.20. The fourth-order valence-electron chi connectivity index (χ4n) is 4.97. The molecular weight excluding hydrogens is 470 g/mol. The minimum atomic E-state index is -0.303. The van der Waals surface area contributed by atoms with Crippen molar-refractivity contribution in [2.75, 3.05) is 18.4 Å². The van der Waals surface area contributed by atoms with Gasteiger partial charge in [-0.2, -0.15) is 0 Å². The number of amides is 3. The molecule has 1 fully saturated rings. The molecule has 0 saturated carbocycles. The van der Waals surface area contributed by atoms with Gasteiger partial charge in [0.25, 0.3) is 11.8 Å². The standard InChI is InChI=1S/C26H32ClN3O3S/c1-26(2,3)17-7-8-19-20(14-17)34-24(29-23(32)16-5-4-6-18(27)13-16)21(19)25(33)30-11-9-15(10-12-30)22(28)31/h4-6,13,15,17H,7-12,14H2,1-3H3,(H2,28,31)(H,29,32). The van der Waals surface area contributed by atoms with Gasteiger partial charge in [-0.15, -0.1) is 11.3 Å². The molecule has 1 aliphatic heterocycles. The molecule has 0 radical (unpaired) electrons. The Bertz CT molecular complexity index is 1110. The van der Waals surface area contributed by atoms with Crippen molar-refractivity contribution in [3.8, 4) is 0 Å². The molecule has 1 aromatic heterocycles. The number of halogens is 1. The number of carbonyl (C=O) groups excluding carboxylic acids is 3. The SMILES string of the molecule is CC(C)(C)C1CCc2c(sc(NC(=O)c3cccc(Cl)c3)c2C(=O)N2CCC(C(N)=O)CC2)C1. The first-order valence-electron chi connectivity index (χ1n) is 11.8. The van der Waals surface area contributed by atoms with Crippen molar-refractivity contribution in [3.05, 3.63) is 50.9 Å². The quantitative estimate of drug-likeness (QED) is 0.607. The lowest BCUT2D eigenvalue weighted by molar-refractivity contribution is -0.123. The van der Waals surface area contributed by atoms with Crippen LogP contribution >= 0.6 is 22.9 Å². The lowest BCUT2D eigenvalue weighted by Crippen LogP contribution is -2.42. The van der Waals surface area contributed by atoms with Crippen LogP contribution in [0.3, 0.4) is 0 Å². The number of rotatable bonds is 4. The third-order valence-corrected chi connectivity index (χ3v) is 8.61. The number of piperidine rings is 1. The second-order valence-electron chi connectivity index (χ2n) is 10.4. The molecule has 1 unspecified atom stereocenters. The minimum Gasteiger partial charge on any atom is -0.369 e. The topological polar surface area (TPSA) is 92.5 Å². The van der Waals surface area contributed by atoms with Crippen molar-refractivity contribution in [2.45, 2.75) is 52.9 Å². The van der Waals surface area contributed by atoms with Crippen LogP contribution < -0.4 is 11.1 Å². The number of anilines is 1. The van der Waals surface area contributed by atoms with E-state index in [1.54, 1.807) is 29.2 Å². The Morgan fingerprint density at radius 1 is 1.15 bits per heavy atom. The maximum atomic E-state index is 13.7. The van der Waals surface area contributed by atoms with Crippen LogP contribution in [0.2, 0.25) is 5.02 Å². The van der Waals surface area contributed by atoms with Crippen molar-refractivity contribution in [3.63, 3.8) is 0 Å². The van der Waals surface area contributed by atoms with Gasteiger partial charge in [0.1, 0.15) is 5.00 Å². The molecule has 2 aliphatic rings. The fraction of sp³-hybridized carbons (Fsp3) is 0.500. The van der Waals surface area contributed by atoms with Crippen molar-refractivity contribution in [1.29, 1.82) is 0 Å². The van der Waals surface area contributed by atoms with Crippen LogP contribution in [0, 0.1) is 17.3 Å². The summed E-state index contributed by atoms with van der Waals surface area (Å²) in [6.45, 7) is 7.75. The molecule has 0 spiro atoms. The maximum Gasteiger partial charge on any atom is 0.257 e. The van der Waals surface area contributed by atoms with Gasteiger partial charge in [-0.25, -0.2) is 0 Å². The van der Waals surface area contributed by atoms with Gasteiger partial charge in [0.05, 0.1) is 5.56 Å². The molecule has 2 aromatic rings. The Labute approximate surface area is 209 Å². The first kappa shape index (κ1) is 24.7. The number of thiophene rings is 1. The summed E-state index contributed by atoms with van der Waals surface area (Å²) >= 11 is 7.60. The number of carbonyl (C=O) groups is 3. The van der Waals surface area contributed by atoms with E-state index in [9.17, 15) is 14.4 Å². The number of hydrogen-bond donors (Lipinski definition) is 2. The van der Waals surface area contributed by atoms with E-state index < -0.39 is 0 Å². The van der Waals surface area contributed by atoms with Gasteiger partial charge in [0.15, 0.2) is 0 Å². The first-order chi connectivity index (χ1) is 16.0. The van der Waals surface area contributed by atoms with Crippen molar-refractivity contribution in [2.24, 2.45) is 23.0 Å². The number of hydrogen-bond acceptors (Lipinski definition) is 4. The zero-order chi connectivity index (χ0) is 24.6. The van der Waals surface area contributed by atoms with Gasteiger partial charge in [0, 0.05) is 34.5 Å². The molecule has 6 nitrogen and oxygen atoms in total. The summed E-state index contributed by atoms with van der Waals surface area (Å²) in [7, 11) is 0. The predicted octanol–water partition coefficient (Wildman–Crippen LogP) is 5.14. The van der Waals surface area contributed by atoms with Crippen LogP contribution in [-0.2, 0) is 17.6 Å². The Balaban J connectivity index is 1.65. The van der Waals surface area contributed by atoms with Crippen molar-refractivity contribution < 1.29 is 14.4 Å². The average molecular weight is 502 g/mol. The Kier molecular flexibility index (Phi) is 7.06. The van der Waals surface area contributed by atoms with Crippen LogP contribution in [0.1, 0.15) is 71.2 Å². The van der Waals surface area contributed by atoms with E-state index in [4.69, 9.17) is 17.3 Å². The second-order valence-corrected chi connectivity index (χ2v) is 12.0. The van der Waals surface area contributed by atoms with Gasteiger partial charge >= 0.3 is 0 Å². The number of nitrogens with one attached hydrogen (secondary N) is 1. The highest BCUT2D eigenvalue weighted by atomic mass is 35.5. The Hall–Kier alpha value is -2.38. The summed E-state index contributed by atoms with van der Waals surface area (Å²) in [4.78, 5) is 41.3. The van der Waals surface area contributed by atoms with E-state index >= 15 is 0 Å². The first-order valence-corrected chi connectivity index (χ1v) is 13.0. The third kappa shape index (κ3) is 5.15. The van der Waals surface area contributed by atoms with E-state index in [2.05, 4.69) is 26.1 Å². The average Bonchev–Trinajstić information content (AvgIpc) is 3.15. The largest absolute Gasteiger partial charge is 0.369 e. The molecule has 182 valence electrons. The molecule has 3 N–H and O–H groups in total. The maximum absolute atomic E-state index is 13.7. The number of nitrogens with two attached hydrogens (primary N) is 1. The van der Waals surface area contributed by atoms with Gasteiger partial charge in [-0.1, -0.05) is 38.4 Å². The minimum absolute atomic E-state index is 0.0731. The molecule has 1 aliphatic carbocycles. The predicted molar refractivity (Wildman–Crippen MR) is 137 cm³/mol. The lowest BCUT2D eigenvalue weighted by Gasteiger charge is -2.34. The van der Waals surface area contributed by atoms with Crippen LogP contribution in [0.5, 0.6) is 0 Å². The van der Waals surface area contributed by atoms with Gasteiger partial charge in [-0.3, -0.25) is 14.4 Å². The fourth-order valence-corrected chi connectivity index (χ4v) is 6.47. The monoisotopic (exact) mass is 501 g/mol. The summed E-state index contributed by atoms with van der Waals surface area (Å²) in [5, 5.41) is 4.10. The van der Waals surface area contributed by atoms with E-state index in [1.807, 2.05) is 0 Å². The van der Waals surface area contributed by atoms with Crippen molar-refractivity contribution >= 4 is 45.7 Å². The van der Waals surface area contributed by atoms with Crippen molar-refractivity contribution in [1.82, 2.24) is 4.90 Å². The van der Waals surface area contributed by atoms with E-state index in [1.165, 1.54) is 16.2 Å². The van der Waals surface area contributed by atoms with Crippen LogP contribution in [-0.4, -0.2) is 35.7 Å². The second kappa shape index (κ2) is 9.70. The Morgan fingerprint density at radius 3 is 2.47 bits per heavy atom. The Morgan fingerprint density at radius 2 is 1.85 bits per heavy atom. The van der Waals surface area contributed by atoms with E-state index in [0.717, 1.165) is 24.8 Å². The number of likely N-dealkylation sites (tertiary alicyclic amines) is 1.